The van der Waals surface area contributed by atoms with Gasteiger partial charge in [-0.25, -0.2) is 0 Å². The molecule has 1 amide bonds. The Kier molecular flexibility index (Phi) is 5.57. The molecule has 120 valence electrons. The molecule has 2 aromatic rings. The van der Waals surface area contributed by atoms with Crippen LogP contribution in [0.15, 0.2) is 34.7 Å². The highest BCUT2D eigenvalue weighted by Crippen LogP contribution is 2.27. The summed E-state index contributed by atoms with van der Waals surface area (Å²) in [6, 6.07) is 8.99. The molecule has 2 atom stereocenters. The van der Waals surface area contributed by atoms with Crippen LogP contribution in [0.2, 0.25) is 0 Å². The van der Waals surface area contributed by atoms with Gasteiger partial charge in [0.05, 0.1) is 12.6 Å². The van der Waals surface area contributed by atoms with Crippen molar-refractivity contribution in [3.05, 3.63) is 36.1 Å². The number of carbonyl (C=O) groups excluding carboxylic acids is 1. The van der Waals surface area contributed by atoms with Gasteiger partial charge >= 0.3 is 0 Å². The summed E-state index contributed by atoms with van der Waals surface area (Å²) >= 11 is 0. The lowest BCUT2D eigenvalue weighted by molar-refractivity contribution is -0.136. The van der Waals surface area contributed by atoms with E-state index >= 15 is 0 Å². The number of hydrogen-bond donors (Lipinski definition) is 1. The Morgan fingerprint density at radius 1 is 1.41 bits per heavy atom. The van der Waals surface area contributed by atoms with Gasteiger partial charge in [0, 0.05) is 19.0 Å². The van der Waals surface area contributed by atoms with E-state index in [1.54, 1.807) is 12.0 Å². The minimum atomic E-state index is -0.650. The van der Waals surface area contributed by atoms with Crippen molar-refractivity contribution in [1.29, 1.82) is 0 Å². The van der Waals surface area contributed by atoms with Gasteiger partial charge in [-0.1, -0.05) is 25.1 Å². The number of fused-ring (bicyclic) bond motifs is 1. The number of ether oxygens (including phenoxy) is 1. The lowest BCUT2D eigenvalue weighted by atomic mass is 10.1. The molecule has 1 aromatic heterocycles. The van der Waals surface area contributed by atoms with Crippen LogP contribution in [-0.4, -0.2) is 37.1 Å². The number of rotatable bonds is 7. The molecular weight excluding hydrogens is 280 g/mol. The van der Waals surface area contributed by atoms with Gasteiger partial charge in [0.2, 0.25) is 5.91 Å². The molecule has 0 aliphatic rings. The highest BCUT2D eigenvalue weighted by molar-refractivity contribution is 5.82. The Hall–Kier alpha value is -1.85. The number of nitrogens with two attached hydrogens (primary N) is 1. The third kappa shape index (κ3) is 3.48. The first kappa shape index (κ1) is 16.5. The quantitative estimate of drug-likeness (QED) is 0.854. The zero-order chi connectivity index (χ0) is 16.1. The molecule has 0 spiro atoms. The monoisotopic (exact) mass is 304 g/mol. The summed E-state index contributed by atoms with van der Waals surface area (Å²) in [5.41, 5.74) is 6.73. The van der Waals surface area contributed by atoms with Gasteiger partial charge in [-0.2, -0.15) is 0 Å². The average molecular weight is 304 g/mol. The van der Waals surface area contributed by atoms with Crippen LogP contribution in [0.4, 0.5) is 0 Å². The van der Waals surface area contributed by atoms with Crippen molar-refractivity contribution < 1.29 is 13.9 Å². The summed E-state index contributed by atoms with van der Waals surface area (Å²) in [5.74, 6) is 0.657. The molecule has 0 saturated heterocycles. The summed E-state index contributed by atoms with van der Waals surface area (Å²) in [6.07, 6.45) is 0.857. The third-order valence-electron chi connectivity index (χ3n) is 3.73. The number of amides is 1. The molecule has 1 heterocycles. The number of methoxy groups -OCH3 is 1. The molecule has 0 radical (unpaired) electrons. The van der Waals surface area contributed by atoms with Gasteiger partial charge in [0.15, 0.2) is 0 Å². The fourth-order valence-electron chi connectivity index (χ4n) is 2.56. The van der Waals surface area contributed by atoms with Crippen LogP contribution in [0.5, 0.6) is 0 Å². The summed E-state index contributed by atoms with van der Waals surface area (Å²) in [5, 5.41) is 1.04. The first-order valence-corrected chi connectivity index (χ1v) is 7.62. The smallest absolute Gasteiger partial charge is 0.242 e. The molecule has 22 heavy (non-hydrogen) atoms. The van der Waals surface area contributed by atoms with E-state index in [2.05, 4.69) is 0 Å². The van der Waals surface area contributed by atoms with Crippen molar-refractivity contribution in [1.82, 2.24) is 4.90 Å². The van der Waals surface area contributed by atoms with Crippen molar-refractivity contribution in [2.24, 2.45) is 5.73 Å². The molecule has 2 N–H and O–H groups in total. The summed E-state index contributed by atoms with van der Waals surface area (Å²) < 4.78 is 10.9. The lowest BCUT2D eigenvalue weighted by Crippen LogP contribution is -2.47. The van der Waals surface area contributed by atoms with E-state index in [1.807, 2.05) is 44.2 Å². The van der Waals surface area contributed by atoms with E-state index in [0.717, 1.165) is 23.2 Å². The Bertz CT molecular complexity index is 590. The maximum absolute atomic E-state index is 12.5. The van der Waals surface area contributed by atoms with Crippen molar-refractivity contribution >= 4 is 16.9 Å². The van der Waals surface area contributed by atoms with E-state index in [1.165, 1.54) is 0 Å². The molecule has 0 saturated carbocycles. The molecule has 5 nitrogen and oxygen atoms in total. The summed E-state index contributed by atoms with van der Waals surface area (Å²) in [7, 11) is 1.54. The topological polar surface area (TPSA) is 68.7 Å². The van der Waals surface area contributed by atoms with Crippen LogP contribution < -0.4 is 5.73 Å². The molecule has 5 heteroatoms. The molecule has 0 aliphatic heterocycles. The van der Waals surface area contributed by atoms with E-state index in [0.29, 0.717) is 6.54 Å². The second kappa shape index (κ2) is 7.42. The van der Waals surface area contributed by atoms with E-state index < -0.39 is 6.04 Å². The van der Waals surface area contributed by atoms with Gasteiger partial charge in [0.1, 0.15) is 17.4 Å². The lowest BCUT2D eigenvalue weighted by Gasteiger charge is -2.29. The fraction of sp³-hybridized carbons (Fsp3) is 0.471. The minimum Gasteiger partial charge on any atom is -0.459 e. The van der Waals surface area contributed by atoms with Crippen molar-refractivity contribution in [2.75, 3.05) is 20.3 Å². The van der Waals surface area contributed by atoms with Crippen LogP contribution >= 0.6 is 0 Å². The van der Waals surface area contributed by atoms with E-state index in [9.17, 15) is 4.79 Å². The molecule has 0 bridgehead atoms. The number of furan rings is 1. The van der Waals surface area contributed by atoms with Crippen LogP contribution in [0.3, 0.4) is 0 Å². The van der Waals surface area contributed by atoms with Crippen LogP contribution in [0.1, 0.15) is 32.1 Å². The second-order valence-electron chi connectivity index (χ2n) is 5.46. The predicted molar refractivity (Wildman–Crippen MR) is 86.5 cm³/mol. The molecule has 1 aromatic carbocycles. The van der Waals surface area contributed by atoms with Gasteiger partial charge in [-0.15, -0.1) is 0 Å². The molecular formula is C17H24N2O3. The summed E-state index contributed by atoms with van der Waals surface area (Å²) in [6.45, 7) is 4.85. The second-order valence-corrected chi connectivity index (χ2v) is 5.46. The highest BCUT2D eigenvalue weighted by atomic mass is 16.5. The SMILES string of the molecule is CCCN(C(=O)C(N)COC)C(C)c1cc2ccccc2o1. The number of nitrogens with zero attached hydrogens (tertiary/aromatic N) is 1. The Balaban J connectivity index is 2.24. The standard InChI is InChI=1S/C17H24N2O3/c1-4-9-19(17(20)14(18)11-21-3)12(2)16-10-13-7-5-6-8-15(13)22-16/h5-8,10,12,14H,4,9,11,18H2,1-3H3. The number of para-hydroxylation sites is 1. The average Bonchev–Trinajstić information content (AvgIpc) is 2.95. The molecule has 2 unspecified atom stereocenters. The Morgan fingerprint density at radius 3 is 2.77 bits per heavy atom. The highest BCUT2D eigenvalue weighted by Gasteiger charge is 2.27. The zero-order valence-corrected chi connectivity index (χ0v) is 13.4. The molecule has 0 aliphatic carbocycles. The van der Waals surface area contributed by atoms with Crippen LogP contribution in [0.25, 0.3) is 11.0 Å². The van der Waals surface area contributed by atoms with Crippen LogP contribution in [0, 0.1) is 0 Å². The zero-order valence-electron chi connectivity index (χ0n) is 13.4. The minimum absolute atomic E-state index is 0.114. The first-order chi connectivity index (χ1) is 10.6. The van der Waals surface area contributed by atoms with Crippen LogP contribution in [-0.2, 0) is 9.53 Å². The maximum Gasteiger partial charge on any atom is 0.242 e. The van der Waals surface area contributed by atoms with Gasteiger partial charge in [-0.05, 0) is 25.5 Å². The predicted octanol–water partition coefficient (Wildman–Crippen LogP) is 2.71. The number of carbonyl (C=O) groups is 1. The van der Waals surface area contributed by atoms with Crippen molar-refractivity contribution in [3.63, 3.8) is 0 Å². The van der Waals surface area contributed by atoms with Gasteiger partial charge in [-0.3, -0.25) is 4.79 Å². The fourth-order valence-corrected chi connectivity index (χ4v) is 2.56. The van der Waals surface area contributed by atoms with Crippen molar-refractivity contribution in [2.45, 2.75) is 32.4 Å². The largest absolute Gasteiger partial charge is 0.459 e. The van der Waals surface area contributed by atoms with Gasteiger partial charge in [0.25, 0.3) is 0 Å². The Labute approximate surface area is 131 Å². The van der Waals surface area contributed by atoms with Crippen molar-refractivity contribution in [3.8, 4) is 0 Å². The number of hydrogen-bond acceptors (Lipinski definition) is 4. The third-order valence-corrected chi connectivity index (χ3v) is 3.73. The van der Waals surface area contributed by atoms with E-state index in [4.69, 9.17) is 14.9 Å². The summed E-state index contributed by atoms with van der Waals surface area (Å²) in [4.78, 5) is 14.3. The normalized spacial score (nSPS) is 14.0. The molecule has 2 rings (SSSR count). The first-order valence-electron chi connectivity index (χ1n) is 7.62. The van der Waals surface area contributed by atoms with Gasteiger partial charge < -0.3 is 19.8 Å². The molecule has 0 fully saturated rings. The Morgan fingerprint density at radius 2 is 2.14 bits per heavy atom. The number of benzene rings is 1. The van der Waals surface area contributed by atoms with E-state index in [-0.39, 0.29) is 18.6 Å². The maximum atomic E-state index is 12.5.